The second-order valence-corrected chi connectivity index (χ2v) is 11.1. The van der Waals surface area contributed by atoms with Gasteiger partial charge in [-0.15, -0.1) is 11.3 Å². The Morgan fingerprint density at radius 3 is 2.42 bits per heavy atom. The van der Waals surface area contributed by atoms with E-state index < -0.39 is 16.5 Å². The van der Waals surface area contributed by atoms with E-state index in [2.05, 4.69) is 0 Å². The molecule has 0 N–H and O–H groups in total. The van der Waals surface area contributed by atoms with Gasteiger partial charge in [-0.3, -0.25) is 19.8 Å². The van der Waals surface area contributed by atoms with Crippen molar-refractivity contribution in [2.45, 2.75) is 20.0 Å². The van der Waals surface area contributed by atoms with Crippen LogP contribution in [0.5, 0.6) is 17.2 Å². The number of fused-ring (bicyclic) bond motifs is 1. The molecule has 2 heterocycles. The minimum absolute atomic E-state index is 0.00116. The summed E-state index contributed by atoms with van der Waals surface area (Å²) in [5.74, 6) is 1.03. The van der Waals surface area contributed by atoms with Crippen LogP contribution in [0.25, 0.3) is 26.3 Å². The highest BCUT2D eigenvalue weighted by atomic mass is 32.1. The standard InChI is InChI=1S/C33H31N3O8S/c1-5-43-33(38)44-28-20-35(26-11-6-7-12-27(26)42-4)32-29(30(28)37)25(31(45-32)22-13-15-24(41-3)16-14-22)19-34(2)18-21-9-8-10-23(17-21)36(39)40/h6-17,20H,5,18-19H2,1-4H3. The molecule has 0 radical (unpaired) electrons. The lowest BCUT2D eigenvalue weighted by Gasteiger charge is -2.18. The van der Waals surface area contributed by atoms with Crippen LogP contribution in [0.1, 0.15) is 18.1 Å². The number of methoxy groups -OCH3 is 2. The number of ether oxygens (including phenoxy) is 4. The predicted octanol–water partition coefficient (Wildman–Crippen LogP) is 6.81. The summed E-state index contributed by atoms with van der Waals surface area (Å²) < 4.78 is 23.2. The number of hydrogen-bond acceptors (Lipinski definition) is 10. The number of non-ortho nitro benzene ring substituents is 1. The SMILES string of the molecule is CCOC(=O)Oc1cn(-c2ccccc2OC)c2sc(-c3ccc(OC)cc3)c(CN(C)Cc3cccc([N+](=O)[O-])c3)c2c1=O. The van der Waals surface area contributed by atoms with Crippen LogP contribution >= 0.6 is 11.3 Å². The monoisotopic (exact) mass is 629 g/mol. The van der Waals surface area contributed by atoms with Gasteiger partial charge in [0.2, 0.25) is 5.43 Å². The lowest BCUT2D eigenvalue weighted by Crippen LogP contribution is -2.21. The highest BCUT2D eigenvalue weighted by Gasteiger charge is 2.25. The molecule has 12 heteroatoms. The van der Waals surface area contributed by atoms with Crippen molar-refractivity contribution in [2.75, 3.05) is 27.9 Å². The van der Waals surface area contributed by atoms with Crippen LogP contribution in [0.4, 0.5) is 10.5 Å². The molecule has 232 valence electrons. The van der Waals surface area contributed by atoms with Crippen molar-refractivity contribution in [2.24, 2.45) is 0 Å². The van der Waals surface area contributed by atoms with Crippen LogP contribution in [0.15, 0.2) is 83.8 Å². The van der Waals surface area contributed by atoms with E-state index in [0.29, 0.717) is 46.1 Å². The molecule has 0 saturated carbocycles. The van der Waals surface area contributed by atoms with Crippen molar-refractivity contribution in [1.29, 1.82) is 0 Å². The van der Waals surface area contributed by atoms with Gasteiger partial charge in [0, 0.05) is 30.1 Å². The lowest BCUT2D eigenvalue weighted by molar-refractivity contribution is -0.384. The van der Waals surface area contributed by atoms with Crippen LogP contribution in [0.3, 0.4) is 0 Å². The highest BCUT2D eigenvalue weighted by Crippen LogP contribution is 2.41. The molecule has 11 nitrogen and oxygen atoms in total. The Balaban J connectivity index is 1.73. The quantitative estimate of drug-likeness (QED) is 0.0881. The molecule has 0 bridgehead atoms. The second kappa shape index (κ2) is 13.6. The summed E-state index contributed by atoms with van der Waals surface area (Å²) >= 11 is 1.42. The fourth-order valence-corrected chi connectivity index (χ4v) is 6.37. The van der Waals surface area contributed by atoms with Crippen molar-refractivity contribution in [3.05, 3.63) is 110 Å². The molecule has 0 aliphatic heterocycles. The maximum absolute atomic E-state index is 14.1. The first-order valence-corrected chi connectivity index (χ1v) is 14.8. The van der Waals surface area contributed by atoms with Gasteiger partial charge >= 0.3 is 6.16 Å². The fourth-order valence-electron chi connectivity index (χ4n) is 5.06. The number of hydrogen-bond donors (Lipinski definition) is 0. The topological polar surface area (TPSA) is 122 Å². The summed E-state index contributed by atoms with van der Waals surface area (Å²) in [5.41, 5.74) is 2.47. The maximum Gasteiger partial charge on any atom is 0.514 e. The number of para-hydroxylation sites is 2. The van der Waals surface area contributed by atoms with E-state index in [-0.39, 0.29) is 18.0 Å². The third kappa shape index (κ3) is 6.66. The number of carbonyl (C=O) groups is 1. The average molecular weight is 630 g/mol. The summed E-state index contributed by atoms with van der Waals surface area (Å²) in [4.78, 5) is 40.9. The molecular formula is C33H31N3O8S. The molecule has 0 atom stereocenters. The Morgan fingerprint density at radius 1 is 0.978 bits per heavy atom. The van der Waals surface area contributed by atoms with E-state index in [0.717, 1.165) is 16.0 Å². The van der Waals surface area contributed by atoms with Crippen molar-refractivity contribution in [1.82, 2.24) is 9.47 Å². The number of nitrogens with zero attached hydrogens (tertiary/aromatic N) is 3. The number of aromatic nitrogens is 1. The predicted molar refractivity (Wildman–Crippen MR) is 172 cm³/mol. The molecular weight excluding hydrogens is 598 g/mol. The molecule has 0 spiro atoms. The van der Waals surface area contributed by atoms with Crippen LogP contribution in [0.2, 0.25) is 0 Å². The molecule has 0 fully saturated rings. The molecule has 0 saturated heterocycles. The first-order chi connectivity index (χ1) is 21.7. The van der Waals surface area contributed by atoms with E-state index in [4.69, 9.17) is 18.9 Å². The first-order valence-electron chi connectivity index (χ1n) is 14.0. The number of pyridine rings is 1. The zero-order valence-electron chi connectivity index (χ0n) is 25.1. The van der Waals surface area contributed by atoms with Crippen LogP contribution in [0, 0.1) is 10.1 Å². The lowest BCUT2D eigenvalue weighted by atomic mass is 10.0. The Labute approximate surface area is 262 Å². The summed E-state index contributed by atoms with van der Waals surface area (Å²) in [6.45, 7) is 2.40. The van der Waals surface area contributed by atoms with Gasteiger partial charge in [0.15, 0.2) is 5.75 Å². The molecule has 0 aliphatic carbocycles. The van der Waals surface area contributed by atoms with Crippen LogP contribution in [-0.4, -0.2) is 48.4 Å². The van der Waals surface area contributed by atoms with E-state index in [9.17, 15) is 19.7 Å². The van der Waals surface area contributed by atoms with Gasteiger partial charge in [-0.05, 0) is 67.1 Å². The summed E-state index contributed by atoms with van der Waals surface area (Å²) in [7, 11) is 5.02. The first kappa shape index (κ1) is 31.2. The van der Waals surface area contributed by atoms with Gasteiger partial charge < -0.3 is 23.5 Å². The molecule has 5 aromatic rings. The Hall–Kier alpha value is -5.20. The highest BCUT2D eigenvalue weighted by molar-refractivity contribution is 7.22. The fraction of sp³-hybridized carbons (Fsp3) is 0.212. The number of rotatable bonds is 11. The number of thiophene rings is 1. The Bertz CT molecular complexity index is 1920. The largest absolute Gasteiger partial charge is 0.514 e. The van der Waals surface area contributed by atoms with Crippen molar-refractivity contribution in [3.63, 3.8) is 0 Å². The summed E-state index contributed by atoms with van der Waals surface area (Å²) in [6.07, 6.45) is 0.486. The number of benzene rings is 3. The Kier molecular flexibility index (Phi) is 9.45. The smallest absolute Gasteiger partial charge is 0.497 e. The van der Waals surface area contributed by atoms with E-state index in [1.807, 2.05) is 60.5 Å². The number of nitro benzene ring substituents is 1. The zero-order valence-corrected chi connectivity index (χ0v) is 26.0. The summed E-state index contributed by atoms with van der Waals surface area (Å²) in [6, 6.07) is 21.3. The van der Waals surface area contributed by atoms with Crippen molar-refractivity contribution >= 4 is 33.4 Å². The van der Waals surface area contributed by atoms with E-state index >= 15 is 0 Å². The van der Waals surface area contributed by atoms with Crippen LogP contribution < -0.4 is 19.6 Å². The molecule has 3 aromatic carbocycles. The minimum Gasteiger partial charge on any atom is -0.497 e. The normalized spacial score (nSPS) is 11.0. The van der Waals surface area contributed by atoms with Crippen LogP contribution in [-0.2, 0) is 17.8 Å². The molecule has 0 amide bonds. The molecule has 2 aromatic heterocycles. The minimum atomic E-state index is -0.990. The Morgan fingerprint density at radius 2 is 1.73 bits per heavy atom. The summed E-state index contributed by atoms with van der Waals surface area (Å²) in [5, 5.41) is 11.7. The average Bonchev–Trinajstić information content (AvgIpc) is 3.41. The number of nitro groups is 1. The van der Waals surface area contributed by atoms with Crippen molar-refractivity contribution in [3.8, 4) is 33.4 Å². The third-order valence-corrected chi connectivity index (χ3v) is 8.34. The molecule has 0 aliphatic rings. The maximum atomic E-state index is 14.1. The van der Waals surface area contributed by atoms with Gasteiger partial charge in [0.05, 0.1) is 43.0 Å². The van der Waals surface area contributed by atoms with Crippen molar-refractivity contribution < 1.29 is 28.7 Å². The number of carbonyl (C=O) groups excluding carboxylic acids is 1. The molecule has 5 rings (SSSR count). The zero-order chi connectivity index (χ0) is 32.1. The van der Waals surface area contributed by atoms with E-state index in [1.54, 1.807) is 37.8 Å². The van der Waals surface area contributed by atoms with Gasteiger partial charge in [0.25, 0.3) is 5.69 Å². The van der Waals surface area contributed by atoms with Gasteiger partial charge in [0.1, 0.15) is 16.3 Å². The molecule has 0 unspecified atom stereocenters. The van der Waals surface area contributed by atoms with Gasteiger partial charge in [-0.2, -0.15) is 0 Å². The second-order valence-electron chi connectivity index (χ2n) is 10.1. The van der Waals surface area contributed by atoms with E-state index in [1.165, 1.54) is 29.7 Å². The third-order valence-electron chi connectivity index (χ3n) is 7.06. The molecule has 45 heavy (non-hydrogen) atoms. The van der Waals surface area contributed by atoms with Gasteiger partial charge in [-0.25, -0.2) is 4.79 Å². The van der Waals surface area contributed by atoms with Gasteiger partial charge in [-0.1, -0.05) is 24.3 Å².